The Bertz CT molecular complexity index is 211. The molecule has 1 rings (SSSR count). The molecule has 1 aliphatic carbocycles. The van der Waals surface area contributed by atoms with Gasteiger partial charge >= 0.3 is 0 Å². The minimum absolute atomic E-state index is 0.435. The topological polar surface area (TPSA) is 20.2 Å². The van der Waals surface area contributed by atoms with Crippen LogP contribution in [0.4, 0.5) is 0 Å². The molecule has 11 heavy (non-hydrogen) atoms. The third-order valence-electron chi connectivity index (χ3n) is 1.97. The van der Waals surface area contributed by atoms with E-state index < -0.39 is 0 Å². The molecule has 0 fully saturated rings. The Labute approximate surface area is 67.7 Å². The Morgan fingerprint density at radius 3 is 3.09 bits per heavy atom. The van der Waals surface area contributed by atoms with Gasteiger partial charge in [0.05, 0.1) is 0 Å². The predicted octanol–water partition coefficient (Wildman–Crippen LogP) is 2.97. The molecule has 0 aromatic heterocycles. The van der Waals surface area contributed by atoms with Crippen molar-refractivity contribution in [2.75, 3.05) is 0 Å². The van der Waals surface area contributed by atoms with Gasteiger partial charge in [-0.1, -0.05) is 12.2 Å². The van der Waals surface area contributed by atoms with E-state index in [0.29, 0.717) is 11.7 Å². The second-order valence-corrected chi connectivity index (χ2v) is 2.96. The van der Waals surface area contributed by atoms with Gasteiger partial charge in [0.15, 0.2) is 0 Å². The monoisotopic (exact) mass is 150 g/mol. The van der Waals surface area contributed by atoms with Gasteiger partial charge in [-0.25, -0.2) is 0 Å². The summed E-state index contributed by atoms with van der Waals surface area (Å²) in [6, 6.07) is 0. The maximum Gasteiger partial charge on any atom is 0.114 e. The van der Waals surface area contributed by atoms with Crippen molar-refractivity contribution in [3.8, 4) is 0 Å². The molecular formula is C10H14O. The highest BCUT2D eigenvalue weighted by molar-refractivity contribution is 5.27. The molecule has 1 atom stereocenters. The largest absolute Gasteiger partial charge is 0.508 e. The molecule has 1 N–H and O–H groups in total. The summed E-state index contributed by atoms with van der Waals surface area (Å²) in [7, 11) is 0. The lowest BCUT2D eigenvalue weighted by atomic mass is 9.93. The number of allylic oxidation sites excluding steroid dienone is 4. The van der Waals surface area contributed by atoms with E-state index in [9.17, 15) is 5.11 Å². The molecule has 60 valence electrons. The van der Waals surface area contributed by atoms with Crippen molar-refractivity contribution in [1.82, 2.24) is 0 Å². The van der Waals surface area contributed by atoms with Crippen molar-refractivity contribution in [3.63, 3.8) is 0 Å². The lowest BCUT2D eigenvalue weighted by Gasteiger charge is -2.14. The minimum Gasteiger partial charge on any atom is -0.508 e. The zero-order valence-corrected chi connectivity index (χ0v) is 6.88. The van der Waals surface area contributed by atoms with Crippen LogP contribution in [0, 0.1) is 5.92 Å². The summed E-state index contributed by atoms with van der Waals surface area (Å²) in [6.45, 7) is 5.62. The van der Waals surface area contributed by atoms with Crippen LogP contribution >= 0.6 is 0 Å². The SMILES string of the molecule is C=CCC1C=C(C)C(O)=CC1. The number of rotatable bonds is 2. The van der Waals surface area contributed by atoms with Crippen LogP contribution in [0.25, 0.3) is 0 Å². The zero-order chi connectivity index (χ0) is 8.27. The lowest BCUT2D eigenvalue weighted by Crippen LogP contribution is -2.01. The van der Waals surface area contributed by atoms with Gasteiger partial charge in [0, 0.05) is 0 Å². The van der Waals surface area contributed by atoms with Crippen LogP contribution in [0.15, 0.2) is 36.1 Å². The fraction of sp³-hybridized carbons (Fsp3) is 0.400. The lowest BCUT2D eigenvalue weighted by molar-refractivity contribution is 0.410. The maximum absolute atomic E-state index is 9.23. The van der Waals surface area contributed by atoms with Crippen LogP contribution in [0.2, 0.25) is 0 Å². The first-order valence-electron chi connectivity index (χ1n) is 3.93. The molecule has 0 spiro atoms. The summed E-state index contributed by atoms with van der Waals surface area (Å²) < 4.78 is 0. The Morgan fingerprint density at radius 2 is 2.55 bits per heavy atom. The van der Waals surface area contributed by atoms with Crippen molar-refractivity contribution < 1.29 is 5.11 Å². The van der Waals surface area contributed by atoms with Gasteiger partial charge in [-0.3, -0.25) is 0 Å². The molecule has 0 aromatic rings. The molecule has 0 aromatic carbocycles. The Morgan fingerprint density at radius 1 is 1.82 bits per heavy atom. The summed E-state index contributed by atoms with van der Waals surface area (Å²) in [5.41, 5.74) is 0.989. The summed E-state index contributed by atoms with van der Waals surface area (Å²) in [4.78, 5) is 0. The highest BCUT2D eigenvalue weighted by Crippen LogP contribution is 2.23. The summed E-state index contributed by atoms with van der Waals surface area (Å²) in [6.07, 6.45) is 7.85. The number of hydrogen-bond donors (Lipinski definition) is 1. The van der Waals surface area contributed by atoms with Crippen LogP contribution in [0.5, 0.6) is 0 Å². The van der Waals surface area contributed by atoms with Gasteiger partial charge in [0.1, 0.15) is 5.76 Å². The molecule has 1 aliphatic rings. The molecule has 0 bridgehead atoms. The Kier molecular flexibility index (Phi) is 2.53. The molecule has 1 heteroatoms. The van der Waals surface area contributed by atoms with E-state index in [1.54, 1.807) is 0 Å². The minimum atomic E-state index is 0.435. The molecule has 1 unspecified atom stereocenters. The van der Waals surface area contributed by atoms with Crippen LogP contribution in [0.3, 0.4) is 0 Å². The van der Waals surface area contributed by atoms with Crippen LogP contribution in [0.1, 0.15) is 19.8 Å². The molecule has 0 saturated carbocycles. The van der Waals surface area contributed by atoms with Crippen molar-refractivity contribution in [1.29, 1.82) is 0 Å². The van der Waals surface area contributed by atoms with E-state index in [4.69, 9.17) is 0 Å². The van der Waals surface area contributed by atoms with E-state index in [1.807, 2.05) is 19.1 Å². The fourth-order valence-corrected chi connectivity index (χ4v) is 1.31. The van der Waals surface area contributed by atoms with E-state index in [2.05, 4.69) is 12.7 Å². The summed E-state index contributed by atoms with van der Waals surface area (Å²) in [5, 5.41) is 9.23. The quantitative estimate of drug-likeness (QED) is 0.600. The Balaban J connectivity index is 2.61. The third kappa shape index (κ3) is 1.97. The maximum atomic E-state index is 9.23. The van der Waals surface area contributed by atoms with E-state index in [1.165, 1.54) is 0 Å². The predicted molar refractivity (Wildman–Crippen MR) is 47.4 cm³/mol. The molecule has 0 heterocycles. The summed E-state index contributed by atoms with van der Waals surface area (Å²) >= 11 is 0. The molecule has 0 aliphatic heterocycles. The average molecular weight is 150 g/mol. The molecule has 0 amide bonds. The standard InChI is InChI=1S/C10H14O/c1-3-4-9-5-6-10(11)8(2)7-9/h3,6-7,9,11H,1,4-5H2,2H3. The van der Waals surface area contributed by atoms with Crippen LogP contribution < -0.4 is 0 Å². The van der Waals surface area contributed by atoms with Gasteiger partial charge < -0.3 is 5.11 Å². The number of hydrogen-bond acceptors (Lipinski definition) is 1. The van der Waals surface area contributed by atoms with Crippen molar-refractivity contribution in [2.45, 2.75) is 19.8 Å². The van der Waals surface area contributed by atoms with Gasteiger partial charge in [0.25, 0.3) is 0 Å². The second-order valence-electron chi connectivity index (χ2n) is 2.96. The molecular weight excluding hydrogens is 136 g/mol. The first kappa shape index (κ1) is 8.12. The summed E-state index contributed by atoms with van der Waals surface area (Å²) in [5.74, 6) is 0.980. The van der Waals surface area contributed by atoms with Crippen molar-refractivity contribution in [2.24, 2.45) is 5.92 Å². The first-order chi connectivity index (χ1) is 5.24. The average Bonchev–Trinajstić information content (AvgIpc) is 1.98. The molecule has 0 radical (unpaired) electrons. The van der Waals surface area contributed by atoms with Gasteiger partial charge in [0.2, 0.25) is 0 Å². The van der Waals surface area contributed by atoms with E-state index >= 15 is 0 Å². The van der Waals surface area contributed by atoms with Crippen molar-refractivity contribution >= 4 is 0 Å². The first-order valence-corrected chi connectivity index (χ1v) is 3.93. The van der Waals surface area contributed by atoms with E-state index in [-0.39, 0.29) is 0 Å². The molecule has 0 saturated heterocycles. The number of aliphatic hydroxyl groups is 1. The smallest absolute Gasteiger partial charge is 0.114 e. The van der Waals surface area contributed by atoms with Crippen LogP contribution in [-0.2, 0) is 0 Å². The van der Waals surface area contributed by atoms with Gasteiger partial charge in [-0.05, 0) is 37.3 Å². The van der Waals surface area contributed by atoms with Gasteiger partial charge in [-0.2, -0.15) is 0 Å². The zero-order valence-electron chi connectivity index (χ0n) is 6.88. The van der Waals surface area contributed by atoms with Gasteiger partial charge in [-0.15, -0.1) is 6.58 Å². The Hall–Kier alpha value is -0.980. The molecule has 1 nitrogen and oxygen atoms in total. The fourth-order valence-electron chi connectivity index (χ4n) is 1.31. The van der Waals surface area contributed by atoms with E-state index in [0.717, 1.165) is 18.4 Å². The normalized spacial score (nSPS) is 23.9. The highest BCUT2D eigenvalue weighted by Gasteiger charge is 2.09. The van der Waals surface area contributed by atoms with Crippen molar-refractivity contribution in [3.05, 3.63) is 36.1 Å². The second kappa shape index (κ2) is 3.42. The third-order valence-corrected chi connectivity index (χ3v) is 1.97. The van der Waals surface area contributed by atoms with Crippen LogP contribution in [-0.4, -0.2) is 5.11 Å². The number of aliphatic hydroxyl groups excluding tert-OH is 1. The highest BCUT2D eigenvalue weighted by atomic mass is 16.3.